The Morgan fingerprint density at radius 1 is 1.21 bits per heavy atom. The first-order chi connectivity index (χ1) is 6.57. The lowest BCUT2D eigenvalue weighted by atomic mass is 9.98. The van der Waals surface area contributed by atoms with Crippen molar-refractivity contribution in [3.63, 3.8) is 0 Å². The van der Waals surface area contributed by atoms with Gasteiger partial charge in [-0.3, -0.25) is 4.79 Å². The van der Waals surface area contributed by atoms with Crippen molar-refractivity contribution < 1.29 is 14.7 Å². The highest BCUT2D eigenvalue weighted by molar-refractivity contribution is 5.75. The number of rotatable bonds is 8. The van der Waals surface area contributed by atoms with E-state index in [0.29, 0.717) is 12.8 Å². The Bertz CT molecular complexity index is 187. The van der Waals surface area contributed by atoms with Crippen LogP contribution in [0.5, 0.6) is 0 Å². The van der Waals surface area contributed by atoms with E-state index in [1.807, 2.05) is 6.92 Å². The maximum atomic E-state index is 10.6. The number of hydrogen-bond acceptors (Lipinski definition) is 2. The minimum Gasteiger partial charge on any atom is -0.481 e. The molecule has 14 heavy (non-hydrogen) atoms. The van der Waals surface area contributed by atoms with Gasteiger partial charge in [0.05, 0.1) is 5.92 Å². The molecule has 0 aromatic carbocycles. The minimum absolute atomic E-state index is 0.202. The molecule has 0 rings (SSSR count). The summed E-state index contributed by atoms with van der Waals surface area (Å²) in [6, 6.07) is 0. The van der Waals surface area contributed by atoms with Crippen LogP contribution < -0.4 is 0 Å². The van der Waals surface area contributed by atoms with Gasteiger partial charge in [0.15, 0.2) is 0 Å². The van der Waals surface area contributed by atoms with E-state index in [0.717, 1.165) is 25.7 Å². The van der Waals surface area contributed by atoms with E-state index in [9.17, 15) is 9.59 Å². The fraction of sp³-hybridized carbons (Fsp3) is 0.818. The summed E-state index contributed by atoms with van der Waals surface area (Å²) in [6.07, 6.45) is 4.84. The standard InChI is InChI=1S/C11H20O3/c1-3-10(11(13)14)8-6-4-5-7-9(2)12/h10H,3-8H2,1-2H3,(H,13,14)/t10-/m0/s1. The van der Waals surface area contributed by atoms with Crippen molar-refractivity contribution in [2.75, 3.05) is 0 Å². The van der Waals surface area contributed by atoms with Gasteiger partial charge in [0.2, 0.25) is 0 Å². The summed E-state index contributed by atoms with van der Waals surface area (Å²) in [5, 5.41) is 8.76. The Kier molecular flexibility index (Phi) is 7.07. The summed E-state index contributed by atoms with van der Waals surface area (Å²) < 4.78 is 0. The molecule has 0 saturated carbocycles. The van der Waals surface area contributed by atoms with Crippen molar-refractivity contribution in [1.29, 1.82) is 0 Å². The van der Waals surface area contributed by atoms with Crippen molar-refractivity contribution in [1.82, 2.24) is 0 Å². The first kappa shape index (κ1) is 13.1. The van der Waals surface area contributed by atoms with Gasteiger partial charge in [-0.2, -0.15) is 0 Å². The molecule has 3 heteroatoms. The van der Waals surface area contributed by atoms with Gasteiger partial charge in [0, 0.05) is 6.42 Å². The van der Waals surface area contributed by atoms with Gasteiger partial charge >= 0.3 is 5.97 Å². The molecule has 1 atom stereocenters. The van der Waals surface area contributed by atoms with Gasteiger partial charge < -0.3 is 9.90 Å². The molecule has 0 heterocycles. The first-order valence-corrected chi connectivity index (χ1v) is 5.30. The number of carbonyl (C=O) groups excluding carboxylic acids is 1. The lowest BCUT2D eigenvalue weighted by molar-refractivity contribution is -0.142. The molecule has 0 aromatic rings. The van der Waals surface area contributed by atoms with E-state index in [1.165, 1.54) is 0 Å². The third-order valence-electron chi connectivity index (χ3n) is 2.42. The maximum absolute atomic E-state index is 10.6. The molecule has 0 aromatic heterocycles. The quantitative estimate of drug-likeness (QED) is 0.613. The second-order valence-electron chi connectivity index (χ2n) is 3.74. The SMILES string of the molecule is CC[C@@H](CCCCCC(C)=O)C(=O)O. The second-order valence-corrected chi connectivity index (χ2v) is 3.74. The minimum atomic E-state index is -0.695. The predicted molar refractivity (Wildman–Crippen MR) is 55.2 cm³/mol. The fourth-order valence-corrected chi connectivity index (χ4v) is 1.44. The molecule has 0 unspecified atom stereocenters. The number of carboxylic acids is 1. The van der Waals surface area contributed by atoms with E-state index >= 15 is 0 Å². The Labute approximate surface area is 85.5 Å². The van der Waals surface area contributed by atoms with Crippen LogP contribution in [0.2, 0.25) is 0 Å². The molecule has 0 radical (unpaired) electrons. The number of hydrogen-bond donors (Lipinski definition) is 1. The zero-order valence-electron chi connectivity index (χ0n) is 9.08. The lowest BCUT2D eigenvalue weighted by Gasteiger charge is -2.08. The Hall–Kier alpha value is -0.860. The van der Waals surface area contributed by atoms with Gasteiger partial charge in [0.25, 0.3) is 0 Å². The van der Waals surface area contributed by atoms with Crippen LogP contribution >= 0.6 is 0 Å². The molecule has 0 fully saturated rings. The molecule has 0 bridgehead atoms. The van der Waals surface area contributed by atoms with Crippen molar-refractivity contribution in [3.8, 4) is 0 Å². The van der Waals surface area contributed by atoms with E-state index in [-0.39, 0.29) is 11.7 Å². The molecule has 82 valence electrons. The maximum Gasteiger partial charge on any atom is 0.306 e. The Morgan fingerprint density at radius 2 is 1.86 bits per heavy atom. The third-order valence-corrected chi connectivity index (χ3v) is 2.42. The molecule has 0 aliphatic heterocycles. The van der Waals surface area contributed by atoms with Crippen LogP contribution in [-0.4, -0.2) is 16.9 Å². The van der Waals surface area contributed by atoms with Gasteiger partial charge in [-0.05, 0) is 26.2 Å². The normalized spacial score (nSPS) is 12.4. The van der Waals surface area contributed by atoms with Crippen molar-refractivity contribution in [2.24, 2.45) is 5.92 Å². The summed E-state index contributed by atoms with van der Waals surface area (Å²) in [5.41, 5.74) is 0. The monoisotopic (exact) mass is 200 g/mol. The van der Waals surface area contributed by atoms with Crippen LogP contribution in [-0.2, 0) is 9.59 Å². The predicted octanol–water partition coefficient (Wildman–Crippen LogP) is 2.64. The zero-order chi connectivity index (χ0) is 11.0. The average Bonchev–Trinajstić information content (AvgIpc) is 2.10. The number of carboxylic acid groups (broad SMARTS) is 1. The highest BCUT2D eigenvalue weighted by Gasteiger charge is 2.13. The van der Waals surface area contributed by atoms with E-state index in [2.05, 4.69) is 0 Å². The Balaban J connectivity index is 3.42. The van der Waals surface area contributed by atoms with Gasteiger partial charge in [-0.15, -0.1) is 0 Å². The smallest absolute Gasteiger partial charge is 0.306 e. The van der Waals surface area contributed by atoms with Crippen LogP contribution in [0.15, 0.2) is 0 Å². The number of Topliss-reactive ketones (excluding diaryl/α,β-unsaturated/α-hetero) is 1. The summed E-state index contributed by atoms with van der Waals surface area (Å²) >= 11 is 0. The molecule has 1 N–H and O–H groups in total. The summed E-state index contributed by atoms with van der Waals surface area (Å²) in [6.45, 7) is 3.49. The topological polar surface area (TPSA) is 54.4 Å². The molecule has 0 amide bonds. The van der Waals surface area contributed by atoms with Gasteiger partial charge in [0.1, 0.15) is 5.78 Å². The molecule has 0 aliphatic rings. The summed E-state index contributed by atoms with van der Waals surface area (Å²) in [5.74, 6) is -0.679. The van der Waals surface area contributed by atoms with Crippen LogP contribution in [0.4, 0.5) is 0 Å². The fourth-order valence-electron chi connectivity index (χ4n) is 1.44. The molecular weight excluding hydrogens is 180 g/mol. The summed E-state index contributed by atoms with van der Waals surface area (Å²) in [4.78, 5) is 21.3. The van der Waals surface area contributed by atoms with Crippen molar-refractivity contribution in [2.45, 2.75) is 52.4 Å². The third kappa shape index (κ3) is 6.63. The largest absolute Gasteiger partial charge is 0.481 e. The van der Waals surface area contributed by atoms with E-state index in [1.54, 1.807) is 6.92 Å². The Morgan fingerprint density at radius 3 is 2.29 bits per heavy atom. The first-order valence-electron chi connectivity index (χ1n) is 5.30. The van der Waals surface area contributed by atoms with Crippen molar-refractivity contribution >= 4 is 11.8 Å². The van der Waals surface area contributed by atoms with Gasteiger partial charge in [-0.25, -0.2) is 0 Å². The number of aliphatic carboxylic acids is 1. The summed E-state index contributed by atoms with van der Waals surface area (Å²) in [7, 11) is 0. The van der Waals surface area contributed by atoms with Crippen LogP contribution in [0, 0.1) is 5.92 Å². The lowest BCUT2D eigenvalue weighted by Crippen LogP contribution is -2.12. The second kappa shape index (κ2) is 7.54. The van der Waals surface area contributed by atoms with Crippen LogP contribution in [0.1, 0.15) is 52.4 Å². The van der Waals surface area contributed by atoms with Crippen LogP contribution in [0.3, 0.4) is 0 Å². The van der Waals surface area contributed by atoms with Crippen LogP contribution in [0.25, 0.3) is 0 Å². The molecule has 0 aliphatic carbocycles. The number of ketones is 1. The zero-order valence-corrected chi connectivity index (χ0v) is 9.08. The highest BCUT2D eigenvalue weighted by Crippen LogP contribution is 2.14. The van der Waals surface area contributed by atoms with E-state index in [4.69, 9.17) is 5.11 Å². The average molecular weight is 200 g/mol. The van der Waals surface area contributed by atoms with Gasteiger partial charge in [-0.1, -0.05) is 19.8 Å². The number of unbranched alkanes of at least 4 members (excludes halogenated alkanes) is 2. The molecular formula is C11H20O3. The molecule has 0 spiro atoms. The molecule has 3 nitrogen and oxygen atoms in total. The van der Waals surface area contributed by atoms with E-state index < -0.39 is 5.97 Å². The number of carbonyl (C=O) groups is 2. The van der Waals surface area contributed by atoms with Crippen molar-refractivity contribution in [3.05, 3.63) is 0 Å². The molecule has 0 saturated heterocycles. The highest BCUT2D eigenvalue weighted by atomic mass is 16.4.